The van der Waals surface area contributed by atoms with E-state index in [1.54, 1.807) is 0 Å². The Bertz CT molecular complexity index is 667. The van der Waals surface area contributed by atoms with Crippen molar-refractivity contribution in [2.45, 2.75) is 32.2 Å². The van der Waals surface area contributed by atoms with Crippen molar-refractivity contribution in [3.05, 3.63) is 64.7 Å². The van der Waals surface area contributed by atoms with Gasteiger partial charge in [-0.15, -0.1) is 0 Å². The minimum atomic E-state index is 0.315. The first-order chi connectivity index (χ1) is 9.78. The Morgan fingerprint density at radius 3 is 2.90 bits per heavy atom. The van der Waals surface area contributed by atoms with Crippen molar-refractivity contribution in [1.29, 1.82) is 5.26 Å². The molecule has 1 aliphatic carbocycles. The lowest BCUT2D eigenvalue weighted by Gasteiger charge is -2.27. The molecule has 1 atom stereocenters. The summed E-state index contributed by atoms with van der Waals surface area (Å²) >= 11 is 0. The maximum Gasteiger partial charge on any atom is 0.101 e. The normalized spacial score (nSPS) is 17.1. The summed E-state index contributed by atoms with van der Waals surface area (Å²) in [6.45, 7) is 2.01. The van der Waals surface area contributed by atoms with Crippen LogP contribution in [0.25, 0.3) is 0 Å². The predicted molar refractivity (Wildman–Crippen MR) is 81.6 cm³/mol. The molecule has 2 aromatic carbocycles. The van der Waals surface area contributed by atoms with Gasteiger partial charge in [-0.05, 0) is 55.0 Å². The first kappa shape index (κ1) is 12.7. The number of benzene rings is 2. The van der Waals surface area contributed by atoms with Crippen LogP contribution in [0.4, 0.5) is 5.69 Å². The molecule has 1 N–H and O–H groups in total. The summed E-state index contributed by atoms with van der Waals surface area (Å²) in [5.41, 5.74) is 5.61. The highest BCUT2D eigenvalue weighted by Crippen LogP contribution is 2.33. The van der Waals surface area contributed by atoms with Crippen LogP contribution >= 0.6 is 0 Å². The van der Waals surface area contributed by atoms with Crippen molar-refractivity contribution in [2.24, 2.45) is 0 Å². The molecule has 0 radical (unpaired) electrons. The molecule has 2 nitrogen and oxygen atoms in total. The van der Waals surface area contributed by atoms with Gasteiger partial charge in [0, 0.05) is 0 Å². The van der Waals surface area contributed by atoms with Crippen molar-refractivity contribution in [2.75, 3.05) is 5.32 Å². The fourth-order valence-electron chi connectivity index (χ4n) is 2.97. The molecule has 0 spiro atoms. The molecule has 0 amide bonds. The third-order valence-corrected chi connectivity index (χ3v) is 3.99. The van der Waals surface area contributed by atoms with Gasteiger partial charge in [-0.25, -0.2) is 0 Å². The molecule has 1 aliphatic rings. The molecule has 0 bridgehead atoms. The number of nitrogens with zero attached hydrogens (tertiary/aromatic N) is 1. The number of hydrogen-bond acceptors (Lipinski definition) is 2. The first-order valence-corrected chi connectivity index (χ1v) is 7.13. The second-order valence-electron chi connectivity index (χ2n) is 5.45. The molecule has 0 saturated heterocycles. The highest BCUT2D eigenvalue weighted by molar-refractivity contribution is 5.60. The lowest BCUT2D eigenvalue weighted by atomic mass is 9.87. The van der Waals surface area contributed by atoms with Gasteiger partial charge in [-0.3, -0.25) is 0 Å². The highest BCUT2D eigenvalue weighted by Gasteiger charge is 2.20. The van der Waals surface area contributed by atoms with E-state index in [2.05, 4.69) is 41.7 Å². The van der Waals surface area contributed by atoms with Crippen molar-refractivity contribution >= 4 is 5.69 Å². The van der Waals surface area contributed by atoms with Crippen LogP contribution in [-0.2, 0) is 6.42 Å². The van der Waals surface area contributed by atoms with Crippen LogP contribution in [0.15, 0.2) is 42.5 Å². The molecule has 0 saturated carbocycles. The van der Waals surface area contributed by atoms with Crippen molar-refractivity contribution in [3.63, 3.8) is 0 Å². The third kappa shape index (κ3) is 2.40. The SMILES string of the molecule is Cc1ccc(NC2CCCc3ccccc32)c(C#N)c1. The zero-order valence-electron chi connectivity index (χ0n) is 11.7. The Balaban J connectivity index is 1.92. The van der Waals surface area contributed by atoms with Gasteiger partial charge < -0.3 is 5.32 Å². The van der Waals surface area contributed by atoms with Gasteiger partial charge in [0.25, 0.3) is 0 Å². The monoisotopic (exact) mass is 262 g/mol. The summed E-state index contributed by atoms with van der Waals surface area (Å²) in [7, 11) is 0. The Labute approximate surface area is 120 Å². The summed E-state index contributed by atoms with van der Waals surface area (Å²) in [5.74, 6) is 0. The fourth-order valence-corrected chi connectivity index (χ4v) is 2.97. The molecule has 2 heteroatoms. The van der Waals surface area contributed by atoms with E-state index in [4.69, 9.17) is 0 Å². The average molecular weight is 262 g/mol. The van der Waals surface area contributed by atoms with Crippen LogP contribution in [0, 0.1) is 18.3 Å². The predicted octanol–water partition coefficient (Wildman–Crippen LogP) is 4.36. The number of nitrogens with one attached hydrogen (secondary N) is 1. The summed E-state index contributed by atoms with van der Waals surface area (Å²) in [4.78, 5) is 0. The van der Waals surface area contributed by atoms with Gasteiger partial charge in [0.15, 0.2) is 0 Å². The third-order valence-electron chi connectivity index (χ3n) is 3.99. The van der Waals surface area contributed by atoms with Crippen LogP contribution in [0.3, 0.4) is 0 Å². The summed E-state index contributed by atoms with van der Waals surface area (Å²) in [5, 5.41) is 12.8. The number of rotatable bonds is 2. The number of hydrogen-bond donors (Lipinski definition) is 1. The van der Waals surface area contributed by atoms with Gasteiger partial charge in [0.1, 0.15) is 6.07 Å². The average Bonchev–Trinajstić information content (AvgIpc) is 2.49. The zero-order valence-corrected chi connectivity index (χ0v) is 11.7. The number of aryl methyl sites for hydroxylation is 2. The first-order valence-electron chi connectivity index (χ1n) is 7.13. The van der Waals surface area contributed by atoms with E-state index in [0.717, 1.165) is 29.7 Å². The molecule has 20 heavy (non-hydrogen) atoms. The Morgan fingerprint density at radius 1 is 1.20 bits per heavy atom. The second-order valence-corrected chi connectivity index (χ2v) is 5.45. The largest absolute Gasteiger partial charge is 0.377 e. The van der Waals surface area contributed by atoms with Gasteiger partial charge in [-0.1, -0.05) is 30.3 Å². The topological polar surface area (TPSA) is 35.8 Å². The number of anilines is 1. The number of nitriles is 1. The molecule has 0 fully saturated rings. The number of fused-ring (bicyclic) bond motifs is 1. The van der Waals surface area contributed by atoms with E-state index < -0.39 is 0 Å². The highest BCUT2D eigenvalue weighted by atomic mass is 14.9. The van der Waals surface area contributed by atoms with Crippen molar-refractivity contribution in [3.8, 4) is 6.07 Å². The second kappa shape index (κ2) is 5.38. The van der Waals surface area contributed by atoms with E-state index in [9.17, 15) is 5.26 Å². The van der Waals surface area contributed by atoms with Crippen LogP contribution in [0.5, 0.6) is 0 Å². The minimum absolute atomic E-state index is 0.315. The van der Waals surface area contributed by atoms with E-state index >= 15 is 0 Å². The maximum absolute atomic E-state index is 9.28. The summed E-state index contributed by atoms with van der Waals surface area (Å²) in [6, 6.07) is 17.2. The van der Waals surface area contributed by atoms with Gasteiger partial charge >= 0.3 is 0 Å². The van der Waals surface area contributed by atoms with Gasteiger partial charge in [0.05, 0.1) is 17.3 Å². The van der Waals surface area contributed by atoms with E-state index in [1.807, 2.05) is 19.1 Å². The molecule has 1 unspecified atom stereocenters. The van der Waals surface area contributed by atoms with E-state index in [-0.39, 0.29) is 0 Å². The molecule has 2 aromatic rings. The minimum Gasteiger partial charge on any atom is -0.377 e. The molecule has 0 aromatic heterocycles. The molecule has 100 valence electrons. The van der Waals surface area contributed by atoms with Crippen LogP contribution in [-0.4, -0.2) is 0 Å². The smallest absolute Gasteiger partial charge is 0.101 e. The zero-order chi connectivity index (χ0) is 13.9. The van der Waals surface area contributed by atoms with Crippen LogP contribution < -0.4 is 5.32 Å². The molecular weight excluding hydrogens is 244 g/mol. The molecule has 0 heterocycles. The van der Waals surface area contributed by atoms with E-state index in [1.165, 1.54) is 17.5 Å². The Kier molecular flexibility index (Phi) is 3.43. The maximum atomic E-state index is 9.28. The van der Waals surface area contributed by atoms with Crippen LogP contribution in [0.1, 0.15) is 41.1 Å². The Hall–Kier alpha value is -2.27. The van der Waals surface area contributed by atoms with Crippen LogP contribution in [0.2, 0.25) is 0 Å². The molecule has 0 aliphatic heterocycles. The lowest BCUT2D eigenvalue weighted by Crippen LogP contribution is -2.17. The van der Waals surface area contributed by atoms with Gasteiger partial charge in [-0.2, -0.15) is 5.26 Å². The molecular formula is C18H18N2. The quantitative estimate of drug-likeness (QED) is 0.873. The standard InChI is InChI=1S/C18H18N2/c1-13-9-10-17(15(11-13)12-19)20-18-8-4-6-14-5-2-3-7-16(14)18/h2-3,5,7,9-11,18,20H,4,6,8H2,1H3. The summed E-state index contributed by atoms with van der Waals surface area (Å²) < 4.78 is 0. The summed E-state index contributed by atoms with van der Waals surface area (Å²) in [6.07, 6.45) is 3.48. The Morgan fingerprint density at radius 2 is 2.05 bits per heavy atom. The fraction of sp³-hybridized carbons (Fsp3) is 0.278. The molecule has 3 rings (SSSR count). The lowest BCUT2D eigenvalue weighted by molar-refractivity contribution is 0.600. The van der Waals surface area contributed by atoms with Crippen molar-refractivity contribution in [1.82, 2.24) is 0 Å². The van der Waals surface area contributed by atoms with Gasteiger partial charge in [0.2, 0.25) is 0 Å². The van der Waals surface area contributed by atoms with Crippen molar-refractivity contribution < 1.29 is 0 Å². The van der Waals surface area contributed by atoms with E-state index in [0.29, 0.717) is 6.04 Å².